The van der Waals surface area contributed by atoms with E-state index in [9.17, 15) is 0 Å². The van der Waals surface area contributed by atoms with E-state index in [0.717, 1.165) is 0 Å². The van der Waals surface area contributed by atoms with Crippen molar-refractivity contribution in [3.63, 3.8) is 0 Å². The molecular formula is C33H36O2P2. The first kappa shape index (κ1) is 26.3. The molecular weight excluding hydrogens is 490 g/mol. The van der Waals surface area contributed by atoms with Crippen LogP contribution in [-0.4, -0.2) is 29.3 Å². The minimum Gasteiger partial charge on any atom is -0.344 e. The Bertz CT molecular complexity index is 1070. The third-order valence-electron chi connectivity index (χ3n) is 7.07. The number of rotatable bonds is 8. The molecule has 1 aliphatic rings. The molecule has 4 heteroatoms. The molecule has 1 unspecified atom stereocenters. The number of hydrogen-bond donors (Lipinski definition) is 0. The van der Waals surface area contributed by atoms with Gasteiger partial charge in [-0.15, -0.1) is 0 Å². The SMILES string of the molecule is CC([C@@H]1OC(C)(C)O[C@H]1[C@@H](C)P(c1ccccc1)c1ccccc1)P(c1ccccc1)c1ccccc1. The third kappa shape index (κ3) is 5.89. The van der Waals surface area contributed by atoms with Crippen LogP contribution in [0.15, 0.2) is 121 Å². The summed E-state index contributed by atoms with van der Waals surface area (Å²) in [6.07, 6.45) is -0.0390. The van der Waals surface area contributed by atoms with E-state index in [-0.39, 0.29) is 23.5 Å². The van der Waals surface area contributed by atoms with Gasteiger partial charge in [0, 0.05) is 11.3 Å². The van der Waals surface area contributed by atoms with Crippen LogP contribution in [-0.2, 0) is 9.47 Å². The van der Waals surface area contributed by atoms with Crippen LogP contribution in [0.2, 0.25) is 0 Å². The topological polar surface area (TPSA) is 18.5 Å². The normalized spacial score (nSPS) is 20.7. The highest BCUT2D eigenvalue weighted by atomic mass is 31.1. The van der Waals surface area contributed by atoms with E-state index < -0.39 is 21.6 Å². The van der Waals surface area contributed by atoms with E-state index in [2.05, 4.69) is 149 Å². The molecule has 1 saturated heterocycles. The van der Waals surface area contributed by atoms with Gasteiger partial charge in [0.15, 0.2) is 5.79 Å². The van der Waals surface area contributed by atoms with Crippen LogP contribution in [0.4, 0.5) is 0 Å². The van der Waals surface area contributed by atoms with Crippen LogP contribution in [0.25, 0.3) is 0 Å². The molecule has 4 aromatic carbocycles. The van der Waals surface area contributed by atoms with Crippen LogP contribution < -0.4 is 21.2 Å². The van der Waals surface area contributed by atoms with Gasteiger partial charge in [0.25, 0.3) is 0 Å². The lowest BCUT2D eigenvalue weighted by Crippen LogP contribution is -2.42. The second-order valence-electron chi connectivity index (χ2n) is 10.1. The highest BCUT2D eigenvalue weighted by molar-refractivity contribution is 7.74. The van der Waals surface area contributed by atoms with Crippen LogP contribution in [0.3, 0.4) is 0 Å². The van der Waals surface area contributed by atoms with E-state index in [1.807, 2.05) is 0 Å². The highest BCUT2D eigenvalue weighted by Crippen LogP contribution is 2.51. The minimum absolute atomic E-state index is 0.0195. The monoisotopic (exact) mass is 526 g/mol. The van der Waals surface area contributed by atoms with Gasteiger partial charge >= 0.3 is 0 Å². The molecule has 0 amide bonds. The summed E-state index contributed by atoms with van der Waals surface area (Å²) in [5.41, 5.74) is 0.551. The van der Waals surface area contributed by atoms with Crippen LogP contribution in [0.5, 0.6) is 0 Å². The molecule has 1 fully saturated rings. The summed E-state index contributed by atoms with van der Waals surface area (Å²) in [6, 6.07) is 43.8. The zero-order valence-electron chi connectivity index (χ0n) is 22.1. The lowest BCUT2D eigenvalue weighted by atomic mass is 10.1. The molecule has 37 heavy (non-hydrogen) atoms. The van der Waals surface area contributed by atoms with Crippen molar-refractivity contribution in [3.05, 3.63) is 121 Å². The van der Waals surface area contributed by atoms with Crippen LogP contribution in [0, 0.1) is 0 Å². The molecule has 0 bridgehead atoms. The summed E-state index contributed by atoms with van der Waals surface area (Å²) in [6.45, 7) is 8.88. The van der Waals surface area contributed by atoms with Crippen LogP contribution >= 0.6 is 15.8 Å². The molecule has 0 aromatic heterocycles. The summed E-state index contributed by atoms with van der Waals surface area (Å²) in [5.74, 6) is -0.624. The maximum absolute atomic E-state index is 6.79. The van der Waals surface area contributed by atoms with Gasteiger partial charge in [-0.2, -0.15) is 0 Å². The largest absolute Gasteiger partial charge is 0.344 e. The van der Waals surface area contributed by atoms with Crippen molar-refractivity contribution in [2.24, 2.45) is 0 Å². The highest BCUT2D eigenvalue weighted by Gasteiger charge is 2.49. The maximum Gasteiger partial charge on any atom is 0.163 e. The van der Waals surface area contributed by atoms with Gasteiger partial charge in [-0.25, -0.2) is 0 Å². The van der Waals surface area contributed by atoms with Crippen molar-refractivity contribution in [1.29, 1.82) is 0 Å². The maximum atomic E-state index is 6.79. The van der Waals surface area contributed by atoms with Crippen molar-refractivity contribution in [2.75, 3.05) is 0 Å². The second-order valence-corrected chi connectivity index (χ2v) is 15.3. The molecule has 190 valence electrons. The first-order valence-corrected chi connectivity index (χ1v) is 15.9. The van der Waals surface area contributed by atoms with Gasteiger partial charge in [0.05, 0.1) is 12.2 Å². The zero-order chi connectivity index (χ0) is 25.8. The fraction of sp³-hybridized carbons (Fsp3) is 0.273. The molecule has 0 radical (unpaired) electrons. The average molecular weight is 527 g/mol. The lowest BCUT2D eigenvalue weighted by molar-refractivity contribution is -0.145. The predicted molar refractivity (Wildman–Crippen MR) is 161 cm³/mol. The summed E-state index contributed by atoms with van der Waals surface area (Å²) < 4.78 is 13.6. The molecule has 4 aromatic rings. The first-order chi connectivity index (χ1) is 17.9. The summed E-state index contributed by atoms with van der Waals surface area (Å²) in [5, 5.41) is 5.52. The van der Waals surface area contributed by atoms with Crippen molar-refractivity contribution in [3.8, 4) is 0 Å². The molecule has 2 nitrogen and oxygen atoms in total. The van der Waals surface area contributed by atoms with Gasteiger partial charge < -0.3 is 9.47 Å². The van der Waals surface area contributed by atoms with E-state index in [1.165, 1.54) is 21.2 Å². The number of benzene rings is 4. The van der Waals surface area contributed by atoms with Crippen molar-refractivity contribution >= 4 is 37.1 Å². The minimum atomic E-state index is -0.642. The number of hydrogen-bond acceptors (Lipinski definition) is 2. The van der Waals surface area contributed by atoms with E-state index in [1.54, 1.807) is 0 Å². The molecule has 1 heterocycles. The summed E-state index contributed by atoms with van der Waals surface area (Å²) in [4.78, 5) is 0. The molecule has 4 atom stereocenters. The van der Waals surface area contributed by atoms with Gasteiger partial charge in [-0.05, 0) is 50.9 Å². The Balaban J connectivity index is 1.55. The Morgan fingerprint density at radius 2 is 0.730 bits per heavy atom. The Kier molecular flexibility index (Phi) is 8.23. The average Bonchev–Trinajstić information content (AvgIpc) is 3.27. The first-order valence-electron chi connectivity index (χ1n) is 13.1. The van der Waals surface area contributed by atoms with Crippen LogP contribution in [0.1, 0.15) is 27.7 Å². The smallest absolute Gasteiger partial charge is 0.163 e. The summed E-state index contributed by atoms with van der Waals surface area (Å²) >= 11 is 0. The Morgan fingerprint density at radius 3 is 0.973 bits per heavy atom. The van der Waals surface area contributed by atoms with Gasteiger partial charge in [-0.3, -0.25) is 0 Å². The predicted octanol–water partition coefficient (Wildman–Crippen LogP) is 6.55. The zero-order valence-corrected chi connectivity index (χ0v) is 23.9. The third-order valence-corrected chi connectivity index (χ3v) is 12.7. The van der Waals surface area contributed by atoms with Gasteiger partial charge in [0.1, 0.15) is 0 Å². The molecule has 0 N–H and O–H groups in total. The van der Waals surface area contributed by atoms with Crippen molar-refractivity contribution in [1.82, 2.24) is 0 Å². The molecule has 0 spiro atoms. The molecule has 0 aliphatic carbocycles. The second kappa shape index (κ2) is 11.6. The summed E-state index contributed by atoms with van der Waals surface area (Å²) in [7, 11) is -1.28. The fourth-order valence-corrected chi connectivity index (χ4v) is 10.9. The molecule has 0 saturated carbocycles. The van der Waals surface area contributed by atoms with E-state index >= 15 is 0 Å². The molecule has 1 aliphatic heterocycles. The number of ether oxygens (including phenoxy) is 2. The van der Waals surface area contributed by atoms with Crippen molar-refractivity contribution < 1.29 is 9.47 Å². The lowest BCUT2D eigenvalue weighted by Gasteiger charge is -2.36. The Morgan fingerprint density at radius 1 is 0.486 bits per heavy atom. The molecule has 5 rings (SSSR count). The van der Waals surface area contributed by atoms with E-state index in [4.69, 9.17) is 9.47 Å². The van der Waals surface area contributed by atoms with E-state index in [0.29, 0.717) is 0 Å². The Hall–Kier alpha value is -2.34. The Labute approximate surface area is 224 Å². The van der Waals surface area contributed by atoms with Crippen molar-refractivity contribution in [2.45, 2.75) is 57.0 Å². The van der Waals surface area contributed by atoms with Gasteiger partial charge in [-0.1, -0.05) is 135 Å². The fourth-order valence-electron chi connectivity index (χ4n) is 5.45. The van der Waals surface area contributed by atoms with Gasteiger partial charge in [0.2, 0.25) is 0 Å². The quantitative estimate of drug-likeness (QED) is 0.243. The standard InChI is InChI=1S/C33H36O2P2/c1-25(36(27-17-9-5-10-18-27)28-19-11-6-12-20-28)31-32(35-33(3,4)34-31)26(2)37(29-21-13-7-14-22-29)30-23-15-8-16-24-30/h5-26,31-32H,1-4H3/t25-,26?,31+,32+/m1/s1.